The van der Waals surface area contributed by atoms with Crippen LogP contribution in [0.1, 0.15) is 37.2 Å². The number of amides is 2. The quantitative estimate of drug-likeness (QED) is 0.625. The van der Waals surface area contributed by atoms with Crippen LogP contribution >= 0.6 is 0 Å². The molecule has 1 N–H and O–H groups in total. The Morgan fingerprint density at radius 2 is 1.71 bits per heavy atom. The van der Waals surface area contributed by atoms with Gasteiger partial charge in [-0.3, -0.25) is 9.59 Å². The van der Waals surface area contributed by atoms with E-state index in [-0.39, 0.29) is 11.8 Å². The highest BCUT2D eigenvalue weighted by molar-refractivity contribution is 5.96. The molecule has 1 aliphatic heterocycles. The first-order chi connectivity index (χ1) is 15.0. The van der Waals surface area contributed by atoms with Crippen molar-refractivity contribution < 1.29 is 14.0 Å². The van der Waals surface area contributed by atoms with E-state index in [1.165, 1.54) is 0 Å². The number of benzene rings is 2. The molecule has 0 saturated carbocycles. The van der Waals surface area contributed by atoms with Gasteiger partial charge in [0.15, 0.2) is 5.76 Å². The molecule has 1 fully saturated rings. The minimum absolute atomic E-state index is 0.0548. The van der Waals surface area contributed by atoms with Crippen LogP contribution in [0.4, 0.5) is 11.4 Å². The number of hydrogen-bond acceptors (Lipinski definition) is 4. The first-order valence-electron chi connectivity index (χ1n) is 10.9. The Hall–Kier alpha value is -3.28. The third-order valence-corrected chi connectivity index (χ3v) is 5.67. The lowest BCUT2D eigenvalue weighted by Crippen LogP contribution is -2.48. The van der Waals surface area contributed by atoms with Crippen LogP contribution in [-0.2, 0) is 4.79 Å². The molecule has 0 bridgehead atoms. The van der Waals surface area contributed by atoms with Gasteiger partial charge in [-0.15, -0.1) is 0 Å². The molecular weight excluding hydrogens is 390 g/mol. The largest absolute Gasteiger partial charge is 0.451 e. The van der Waals surface area contributed by atoms with Gasteiger partial charge in [0.05, 0.1) is 0 Å². The van der Waals surface area contributed by atoms with Crippen LogP contribution in [0.15, 0.2) is 59.0 Å². The van der Waals surface area contributed by atoms with Crippen LogP contribution in [0.25, 0.3) is 11.0 Å². The van der Waals surface area contributed by atoms with Gasteiger partial charge in [0.2, 0.25) is 5.91 Å². The van der Waals surface area contributed by atoms with Gasteiger partial charge in [0.1, 0.15) is 5.58 Å². The zero-order valence-electron chi connectivity index (χ0n) is 18.1. The van der Waals surface area contributed by atoms with E-state index < -0.39 is 0 Å². The fourth-order valence-corrected chi connectivity index (χ4v) is 3.81. The number of carbonyl (C=O) groups is 2. The minimum Gasteiger partial charge on any atom is -0.451 e. The molecule has 1 aromatic heterocycles. The van der Waals surface area contributed by atoms with E-state index in [1.807, 2.05) is 59.5 Å². The average Bonchev–Trinajstić information content (AvgIpc) is 3.22. The third-order valence-electron chi connectivity index (χ3n) is 5.67. The summed E-state index contributed by atoms with van der Waals surface area (Å²) in [6.07, 6.45) is 1.43. The SMILES string of the molecule is CC(C)CCC(=O)Nc1ccc(N2CCN(C(=O)c3cc4ccccc4o3)CC2)cc1. The Morgan fingerprint density at radius 1 is 1.00 bits per heavy atom. The van der Waals surface area contributed by atoms with Crippen molar-refractivity contribution in [1.82, 2.24) is 4.90 Å². The molecule has 1 aliphatic rings. The van der Waals surface area contributed by atoms with E-state index >= 15 is 0 Å². The summed E-state index contributed by atoms with van der Waals surface area (Å²) in [6.45, 7) is 7.03. The molecule has 0 atom stereocenters. The lowest BCUT2D eigenvalue weighted by molar-refractivity contribution is -0.116. The van der Waals surface area contributed by atoms with Gasteiger partial charge >= 0.3 is 0 Å². The van der Waals surface area contributed by atoms with E-state index in [4.69, 9.17) is 4.42 Å². The van der Waals surface area contributed by atoms with Crippen molar-refractivity contribution in [3.8, 4) is 0 Å². The van der Waals surface area contributed by atoms with Crippen molar-refractivity contribution >= 4 is 34.2 Å². The maximum absolute atomic E-state index is 12.8. The van der Waals surface area contributed by atoms with Crippen molar-refractivity contribution in [2.75, 3.05) is 36.4 Å². The Bertz CT molecular complexity index is 1010. The summed E-state index contributed by atoms with van der Waals surface area (Å²) in [6, 6.07) is 17.4. The number of fused-ring (bicyclic) bond motifs is 1. The molecule has 2 aromatic carbocycles. The molecule has 2 heterocycles. The minimum atomic E-state index is -0.0599. The highest BCUT2D eigenvalue weighted by Crippen LogP contribution is 2.23. The Morgan fingerprint density at radius 3 is 2.39 bits per heavy atom. The zero-order chi connectivity index (χ0) is 21.8. The van der Waals surface area contributed by atoms with Crippen LogP contribution in [0.5, 0.6) is 0 Å². The molecule has 0 spiro atoms. The summed E-state index contributed by atoms with van der Waals surface area (Å²) in [7, 11) is 0. The second-order valence-electron chi connectivity index (χ2n) is 8.46. The van der Waals surface area contributed by atoms with Gasteiger partial charge in [-0.05, 0) is 48.7 Å². The molecule has 4 rings (SSSR count). The topological polar surface area (TPSA) is 65.8 Å². The molecule has 0 radical (unpaired) electrons. The van der Waals surface area contributed by atoms with Crippen LogP contribution in [0, 0.1) is 5.92 Å². The van der Waals surface area contributed by atoms with Crippen LogP contribution in [0.2, 0.25) is 0 Å². The van der Waals surface area contributed by atoms with Gasteiger partial charge in [-0.1, -0.05) is 32.0 Å². The number of nitrogens with one attached hydrogen (secondary N) is 1. The zero-order valence-corrected chi connectivity index (χ0v) is 18.1. The molecular formula is C25H29N3O3. The molecule has 2 amide bonds. The highest BCUT2D eigenvalue weighted by Gasteiger charge is 2.24. The Labute approximate surface area is 182 Å². The number of anilines is 2. The predicted molar refractivity (Wildman–Crippen MR) is 123 cm³/mol. The van der Waals surface area contributed by atoms with E-state index in [9.17, 15) is 9.59 Å². The monoisotopic (exact) mass is 419 g/mol. The summed E-state index contributed by atoms with van der Waals surface area (Å²) in [5.41, 5.74) is 2.65. The summed E-state index contributed by atoms with van der Waals surface area (Å²) in [5.74, 6) is 0.909. The molecule has 6 nitrogen and oxygen atoms in total. The van der Waals surface area contributed by atoms with E-state index in [0.29, 0.717) is 31.2 Å². The second kappa shape index (κ2) is 9.25. The number of nitrogens with zero attached hydrogens (tertiary/aromatic N) is 2. The van der Waals surface area contributed by atoms with Crippen molar-refractivity contribution in [3.63, 3.8) is 0 Å². The summed E-state index contributed by atoms with van der Waals surface area (Å²) < 4.78 is 5.73. The standard InChI is InChI=1S/C25H29N3O3/c1-18(2)7-12-24(29)26-20-8-10-21(11-9-20)27-13-15-28(16-14-27)25(30)23-17-19-5-3-4-6-22(19)31-23/h3-6,8-11,17-18H,7,12-16H2,1-2H3,(H,26,29). The maximum Gasteiger partial charge on any atom is 0.289 e. The second-order valence-corrected chi connectivity index (χ2v) is 8.46. The lowest BCUT2D eigenvalue weighted by atomic mass is 10.1. The van der Waals surface area contributed by atoms with Crippen LogP contribution in [0.3, 0.4) is 0 Å². The molecule has 6 heteroatoms. The van der Waals surface area contributed by atoms with Crippen LogP contribution in [-0.4, -0.2) is 42.9 Å². The summed E-state index contributed by atoms with van der Waals surface area (Å²) >= 11 is 0. The molecule has 0 unspecified atom stereocenters. The van der Waals surface area contributed by atoms with Gasteiger partial charge in [-0.2, -0.15) is 0 Å². The Balaban J connectivity index is 1.31. The number of para-hydroxylation sites is 1. The summed E-state index contributed by atoms with van der Waals surface area (Å²) in [4.78, 5) is 28.9. The number of furan rings is 1. The molecule has 31 heavy (non-hydrogen) atoms. The van der Waals surface area contributed by atoms with E-state index in [0.717, 1.165) is 41.9 Å². The van der Waals surface area contributed by atoms with Crippen molar-refractivity contribution in [2.45, 2.75) is 26.7 Å². The normalized spacial score (nSPS) is 14.3. The van der Waals surface area contributed by atoms with Crippen LogP contribution < -0.4 is 10.2 Å². The van der Waals surface area contributed by atoms with Crippen molar-refractivity contribution in [3.05, 3.63) is 60.4 Å². The first kappa shape index (κ1) is 21.0. The van der Waals surface area contributed by atoms with Gasteiger partial charge < -0.3 is 19.5 Å². The van der Waals surface area contributed by atoms with Crippen molar-refractivity contribution in [1.29, 1.82) is 0 Å². The average molecular weight is 420 g/mol. The van der Waals surface area contributed by atoms with E-state index in [1.54, 1.807) is 0 Å². The fourth-order valence-electron chi connectivity index (χ4n) is 3.81. The summed E-state index contributed by atoms with van der Waals surface area (Å²) in [5, 5.41) is 3.90. The molecule has 3 aromatic rings. The smallest absolute Gasteiger partial charge is 0.289 e. The Kier molecular flexibility index (Phi) is 6.26. The van der Waals surface area contributed by atoms with E-state index in [2.05, 4.69) is 24.1 Å². The highest BCUT2D eigenvalue weighted by atomic mass is 16.3. The predicted octanol–water partition coefficient (Wildman–Crippen LogP) is 4.77. The number of carbonyl (C=O) groups excluding carboxylic acids is 2. The number of piperazine rings is 1. The number of rotatable bonds is 6. The van der Waals surface area contributed by atoms with Gasteiger partial charge in [0.25, 0.3) is 5.91 Å². The molecule has 1 saturated heterocycles. The van der Waals surface area contributed by atoms with Crippen molar-refractivity contribution in [2.24, 2.45) is 5.92 Å². The maximum atomic E-state index is 12.8. The lowest BCUT2D eigenvalue weighted by Gasteiger charge is -2.35. The number of hydrogen-bond donors (Lipinski definition) is 1. The molecule has 0 aliphatic carbocycles. The third kappa shape index (κ3) is 5.08. The molecule has 162 valence electrons. The van der Waals surface area contributed by atoms with Gasteiger partial charge in [0, 0.05) is 49.4 Å². The fraction of sp³-hybridized carbons (Fsp3) is 0.360. The van der Waals surface area contributed by atoms with Gasteiger partial charge in [-0.25, -0.2) is 0 Å². The first-order valence-corrected chi connectivity index (χ1v) is 10.9.